The molecule has 6 heteroatoms. The predicted molar refractivity (Wildman–Crippen MR) is 81.2 cm³/mol. The number of anilines is 1. The van der Waals surface area contributed by atoms with Gasteiger partial charge in [-0.1, -0.05) is 26.0 Å². The summed E-state index contributed by atoms with van der Waals surface area (Å²) in [6.45, 7) is 4.40. The van der Waals surface area contributed by atoms with E-state index in [0.717, 1.165) is 18.5 Å². The quantitative estimate of drug-likeness (QED) is 0.794. The SMILES string of the molecule is CCC(CC)c1ccc(NC=C(C#N)c2nn[nH]n2)cc1. The maximum absolute atomic E-state index is 9.08. The maximum atomic E-state index is 9.08. The molecule has 0 atom stereocenters. The van der Waals surface area contributed by atoms with E-state index >= 15 is 0 Å². The molecule has 21 heavy (non-hydrogen) atoms. The van der Waals surface area contributed by atoms with Crippen LogP contribution in [0.15, 0.2) is 30.5 Å². The fourth-order valence-electron chi connectivity index (χ4n) is 2.19. The summed E-state index contributed by atoms with van der Waals surface area (Å²) in [6, 6.07) is 10.3. The summed E-state index contributed by atoms with van der Waals surface area (Å²) in [4.78, 5) is 0. The molecular formula is C15H18N6. The fourth-order valence-corrected chi connectivity index (χ4v) is 2.19. The molecule has 0 saturated carbocycles. The normalized spacial score (nSPS) is 11.4. The van der Waals surface area contributed by atoms with Crippen LogP contribution >= 0.6 is 0 Å². The van der Waals surface area contributed by atoms with Crippen LogP contribution in [0.4, 0.5) is 5.69 Å². The van der Waals surface area contributed by atoms with Crippen LogP contribution in [-0.4, -0.2) is 20.6 Å². The largest absolute Gasteiger partial charge is 0.360 e. The van der Waals surface area contributed by atoms with E-state index in [-0.39, 0.29) is 5.82 Å². The van der Waals surface area contributed by atoms with Crippen molar-refractivity contribution in [2.45, 2.75) is 32.6 Å². The number of benzene rings is 1. The molecule has 0 bridgehead atoms. The topological polar surface area (TPSA) is 90.3 Å². The van der Waals surface area contributed by atoms with Gasteiger partial charge in [0, 0.05) is 11.9 Å². The van der Waals surface area contributed by atoms with E-state index in [4.69, 9.17) is 5.26 Å². The van der Waals surface area contributed by atoms with Crippen molar-refractivity contribution in [3.8, 4) is 6.07 Å². The second-order valence-electron chi connectivity index (χ2n) is 4.68. The second kappa shape index (κ2) is 7.20. The van der Waals surface area contributed by atoms with Crippen molar-refractivity contribution >= 4 is 11.3 Å². The van der Waals surface area contributed by atoms with Crippen LogP contribution in [0.25, 0.3) is 5.57 Å². The summed E-state index contributed by atoms with van der Waals surface area (Å²) < 4.78 is 0. The highest BCUT2D eigenvalue weighted by molar-refractivity contribution is 5.73. The first-order chi connectivity index (χ1) is 10.3. The number of H-pyrrole nitrogens is 1. The first-order valence-corrected chi connectivity index (χ1v) is 6.99. The Balaban J connectivity index is 2.08. The molecule has 2 rings (SSSR count). The molecule has 6 nitrogen and oxygen atoms in total. The third-order valence-electron chi connectivity index (χ3n) is 3.46. The summed E-state index contributed by atoms with van der Waals surface area (Å²) in [5.74, 6) is 0.877. The van der Waals surface area contributed by atoms with Crippen molar-refractivity contribution in [3.63, 3.8) is 0 Å². The fraction of sp³-hybridized carbons (Fsp3) is 0.333. The van der Waals surface area contributed by atoms with Gasteiger partial charge in [0.1, 0.15) is 11.6 Å². The standard InChI is InChI=1S/C15H18N6/c1-3-11(4-2)12-5-7-14(8-6-12)17-10-13(9-16)15-18-20-21-19-15/h5-8,10-11,17H,3-4H2,1-2H3,(H,18,19,20,21). The van der Waals surface area contributed by atoms with Gasteiger partial charge in [-0.05, 0) is 41.7 Å². The Bertz CT molecular complexity index is 617. The van der Waals surface area contributed by atoms with E-state index in [0.29, 0.717) is 11.5 Å². The van der Waals surface area contributed by atoms with E-state index in [9.17, 15) is 0 Å². The molecule has 0 aliphatic heterocycles. The Morgan fingerprint density at radius 1 is 1.33 bits per heavy atom. The van der Waals surface area contributed by atoms with Crippen LogP contribution in [0.3, 0.4) is 0 Å². The van der Waals surface area contributed by atoms with Crippen molar-refractivity contribution < 1.29 is 0 Å². The minimum atomic E-state index is 0.277. The monoisotopic (exact) mass is 282 g/mol. The van der Waals surface area contributed by atoms with Crippen LogP contribution in [-0.2, 0) is 0 Å². The molecule has 0 aliphatic carbocycles. The maximum Gasteiger partial charge on any atom is 0.216 e. The number of hydrogen-bond donors (Lipinski definition) is 2. The number of rotatable bonds is 6. The van der Waals surface area contributed by atoms with Crippen LogP contribution in [0.1, 0.15) is 44.0 Å². The lowest BCUT2D eigenvalue weighted by Gasteiger charge is -2.13. The molecule has 0 fully saturated rings. The summed E-state index contributed by atoms with van der Waals surface area (Å²) in [5, 5.41) is 25.5. The third-order valence-corrected chi connectivity index (χ3v) is 3.46. The highest BCUT2D eigenvalue weighted by atomic mass is 15.5. The van der Waals surface area contributed by atoms with Gasteiger partial charge in [-0.15, -0.1) is 10.2 Å². The number of nitrogens with zero attached hydrogens (tertiary/aromatic N) is 4. The van der Waals surface area contributed by atoms with Crippen molar-refractivity contribution in [1.29, 1.82) is 5.26 Å². The number of aromatic nitrogens is 4. The molecule has 0 saturated heterocycles. The molecule has 2 N–H and O–H groups in total. The summed E-state index contributed by atoms with van der Waals surface area (Å²) in [7, 11) is 0. The van der Waals surface area contributed by atoms with Crippen molar-refractivity contribution in [2.24, 2.45) is 0 Å². The van der Waals surface area contributed by atoms with Crippen LogP contribution in [0.2, 0.25) is 0 Å². The highest BCUT2D eigenvalue weighted by Crippen LogP contribution is 2.24. The summed E-state index contributed by atoms with van der Waals surface area (Å²) in [5.41, 5.74) is 2.59. The van der Waals surface area contributed by atoms with E-state index in [1.54, 1.807) is 6.20 Å². The van der Waals surface area contributed by atoms with E-state index in [1.165, 1.54) is 5.56 Å². The molecule has 1 aromatic heterocycles. The minimum Gasteiger partial charge on any atom is -0.360 e. The van der Waals surface area contributed by atoms with Crippen molar-refractivity contribution in [2.75, 3.05) is 5.32 Å². The summed E-state index contributed by atoms with van der Waals surface area (Å²) in [6.07, 6.45) is 3.86. The first-order valence-electron chi connectivity index (χ1n) is 6.99. The molecule has 2 aromatic rings. The average molecular weight is 282 g/mol. The molecule has 1 heterocycles. The lowest BCUT2D eigenvalue weighted by Crippen LogP contribution is -1.96. The Morgan fingerprint density at radius 3 is 2.57 bits per heavy atom. The van der Waals surface area contributed by atoms with Crippen molar-refractivity contribution in [3.05, 3.63) is 41.9 Å². The van der Waals surface area contributed by atoms with E-state index in [1.807, 2.05) is 18.2 Å². The average Bonchev–Trinajstić information content (AvgIpc) is 3.05. The molecule has 0 unspecified atom stereocenters. The van der Waals surface area contributed by atoms with Gasteiger partial charge in [-0.3, -0.25) is 0 Å². The lowest BCUT2D eigenvalue weighted by molar-refractivity contribution is 0.642. The Kier molecular flexibility index (Phi) is 5.04. The smallest absolute Gasteiger partial charge is 0.216 e. The highest BCUT2D eigenvalue weighted by Gasteiger charge is 2.07. The molecule has 0 spiro atoms. The van der Waals surface area contributed by atoms with E-state index < -0.39 is 0 Å². The van der Waals surface area contributed by atoms with Gasteiger partial charge in [-0.2, -0.15) is 10.5 Å². The van der Waals surface area contributed by atoms with Crippen LogP contribution in [0.5, 0.6) is 0 Å². The van der Waals surface area contributed by atoms with Gasteiger partial charge < -0.3 is 5.32 Å². The first kappa shape index (κ1) is 14.7. The zero-order chi connectivity index (χ0) is 15.1. The predicted octanol–water partition coefficient (Wildman–Crippen LogP) is 3.08. The minimum absolute atomic E-state index is 0.277. The second-order valence-corrected chi connectivity index (χ2v) is 4.68. The van der Waals surface area contributed by atoms with Gasteiger partial charge >= 0.3 is 0 Å². The van der Waals surface area contributed by atoms with Crippen LogP contribution < -0.4 is 5.32 Å². The van der Waals surface area contributed by atoms with Gasteiger partial charge in [0.15, 0.2) is 0 Å². The zero-order valence-corrected chi connectivity index (χ0v) is 12.2. The van der Waals surface area contributed by atoms with E-state index in [2.05, 4.69) is 51.9 Å². The number of aromatic amines is 1. The molecule has 1 aromatic carbocycles. The number of hydrogen-bond acceptors (Lipinski definition) is 5. The Hall–Kier alpha value is -2.68. The van der Waals surface area contributed by atoms with Gasteiger partial charge in [0.05, 0.1) is 0 Å². The lowest BCUT2D eigenvalue weighted by atomic mass is 9.94. The van der Waals surface area contributed by atoms with Gasteiger partial charge in [-0.25, -0.2) is 0 Å². The summed E-state index contributed by atoms with van der Waals surface area (Å²) >= 11 is 0. The Morgan fingerprint density at radius 2 is 2.05 bits per heavy atom. The Labute approximate surface area is 123 Å². The van der Waals surface area contributed by atoms with Crippen LogP contribution in [0, 0.1) is 11.3 Å². The molecule has 0 radical (unpaired) electrons. The number of nitriles is 1. The molecule has 0 aliphatic rings. The van der Waals surface area contributed by atoms with Crippen molar-refractivity contribution in [1.82, 2.24) is 20.6 Å². The number of allylic oxidation sites excluding steroid dienone is 1. The molecule has 108 valence electrons. The molecular weight excluding hydrogens is 264 g/mol. The molecule has 0 amide bonds. The van der Waals surface area contributed by atoms with Gasteiger partial charge in [0.25, 0.3) is 0 Å². The zero-order valence-electron chi connectivity index (χ0n) is 12.2. The number of tetrazole rings is 1. The van der Waals surface area contributed by atoms with Gasteiger partial charge in [0.2, 0.25) is 5.82 Å². The number of nitrogens with one attached hydrogen (secondary N) is 2. The third kappa shape index (κ3) is 3.66.